The second kappa shape index (κ2) is 6.06. The monoisotopic (exact) mass is 305 g/mol. The molecular weight excluding hydrogens is 285 g/mol. The van der Waals surface area contributed by atoms with Crippen LogP contribution in [-0.2, 0) is 0 Å². The molecule has 1 aliphatic rings. The van der Waals surface area contributed by atoms with Gasteiger partial charge in [-0.05, 0) is 25.1 Å². The van der Waals surface area contributed by atoms with Crippen molar-refractivity contribution in [2.75, 3.05) is 32.7 Å². The lowest BCUT2D eigenvalue weighted by Gasteiger charge is -2.35. The number of carbonyl (C=O) groups is 1. The number of hydrogen-bond acceptors (Lipinski definition) is 3. The van der Waals surface area contributed by atoms with Crippen LogP contribution in [0.5, 0.6) is 0 Å². The lowest BCUT2D eigenvalue weighted by atomic mass is 10.2. The van der Waals surface area contributed by atoms with Crippen LogP contribution in [-0.4, -0.2) is 64.6 Å². The van der Waals surface area contributed by atoms with Gasteiger partial charge in [-0.15, -0.1) is 0 Å². The highest BCUT2D eigenvalue weighted by atomic mass is 19.1. The molecule has 0 saturated carbocycles. The zero-order valence-electron chi connectivity index (χ0n) is 12.6. The van der Waals surface area contributed by atoms with Crippen molar-refractivity contribution in [2.24, 2.45) is 0 Å². The molecule has 1 aromatic heterocycles. The van der Waals surface area contributed by atoms with Crippen LogP contribution in [0.3, 0.4) is 0 Å². The Morgan fingerprint density at radius 1 is 1.36 bits per heavy atom. The first-order chi connectivity index (χ1) is 10.5. The standard InChI is InChI=1S/C16H20FN3O2/c1-11(21)10-19-5-7-20(8-6-19)16(22)15-9-12-13(17)3-2-4-14(12)18-15/h2-4,9,11,18,21H,5-8,10H2,1H3/t11-/m0/s1. The fourth-order valence-corrected chi connectivity index (χ4v) is 2.91. The van der Waals surface area contributed by atoms with E-state index in [1.54, 1.807) is 30.0 Å². The molecule has 0 spiro atoms. The summed E-state index contributed by atoms with van der Waals surface area (Å²) in [7, 11) is 0. The molecule has 1 fully saturated rings. The number of aliphatic hydroxyl groups is 1. The van der Waals surface area contributed by atoms with Crippen molar-refractivity contribution in [3.8, 4) is 0 Å². The molecular formula is C16H20FN3O2. The number of fused-ring (bicyclic) bond motifs is 1. The van der Waals surface area contributed by atoms with Gasteiger partial charge in [0.2, 0.25) is 0 Å². The van der Waals surface area contributed by atoms with E-state index >= 15 is 0 Å². The highest BCUT2D eigenvalue weighted by molar-refractivity contribution is 5.98. The molecule has 2 aromatic rings. The summed E-state index contributed by atoms with van der Waals surface area (Å²) in [5, 5.41) is 9.84. The number of carbonyl (C=O) groups excluding carboxylic acids is 1. The van der Waals surface area contributed by atoms with E-state index in [1.165, 1.54) is 6.07 Å². The van der Waals surface area contributed by atoms with Gasteiger partial charge in [0.05, 0.1) is 6.10 Å². The van der Waals surface area contributed by atoms with Crippen molar-refractivity contribution in [3.05, 3.63) is 35.8 Å². The normalized spacial score (nSPS) is 17.9. The summed E-state index contributed by atoms with van der Waals surface area (Å²) in [4.78, 5) is 19.4. The highest BCUT2D eigenvalue weighted by Crippen LogP contribution is 2.20. The first-order valence-corrected chi connectivity index (χ1v) is 7.51. The fraction of sp³-hybridized carbons (Fsp3) is 0.438. The molecule has 5 nitrogen and oxygen atoms in total. The smallest absolute Gasteiger partial charge is 0.270 e. The number of β-amino-alcohol motifs (C(OH)–C–C–N with tert-alkyl or cyclic N) is 1. The number of aliphatic hydroxyl groups excluding tert-OH is 1. The Kier molecular flexibility index (Phi) is 4.13. The van der Waals surface area contributed by atoms with E-state index < -0.39 is 0 Å². The van der Waals surface area contributed by atoms with E-state index in [9.17, 15) is 14.3 Å². The second-order valence-corrected chi connectivity index (χ2v) is 5.83. The maximum Gasteiger partial charge on any atom is 0.270 e. The molecule has 0 radical (unpaired) electrons. The summed E-state index contributed by atoms with van der Waals surface area (Å²) in [6, 6.07) is 6.35. The van der Waals surface area contributed by atoms with Gasteiger partial charge in [0.25, 0.3) is 5.91 Å². The first-order valence-electron chi connectivity index (χ1n) is 7.51. The molecule has 1 aromatic carbocycles. The van der Waals surface area contributed by atoms with E-state index in [0.717, 1.165) is 13.1 Å². The van der Waals surface area contributed by atoms with Gasteiger partial charge in [-0.3, -0.25) is 9.69 Å². The molecule has 0 unspecified atom stereocenters. The number of amides is 1. The fourth-order valence-electron chi connectivity index (χ4n) is 2.91. The largest absolute Gasteiger partial charge is 0.392 e. The Balaban J connectivity index is 1.70. The number of aromatic nitrogens is 1. The van der Waals surface area contributed by atoms with Gasteiger partial charge < -0.3 is 15.0 Å². The minimum Gasteiger partial charge on any atom is -0.392 e. The summed E-state index contributed by atoms with van der Waals surface area (Å²) in [5.41, 5.74) is 1.06. The van der Waals surface area contributed by atoms with Gasteiger partial charge in [0.1, 0.15) is 11.5 Å². The van der Waals surface area contributed by atoms with E-state index in [1.807, 2.05) is 0 Å². The zero-order valence-corrected chi connectivity index (χ0v) is 12.6. The minimum atomic E-state index is -0.362. The van der Waals surface area contributed by atoms with Gasteiger partial charge in [-0.1, -0.05) is 6.07 Å². The summed E-state index contributed by atoms with van der Waals surface area (Å²) >= 11 is 0. The van der Waals surface area contributed by atoms with E-state index in [2.05, 4.69) is 9.88 Å². The number of nitrogens with one attached hydrogen (secondary N) is 1. The molecule has 1 aliphatic heterocycles. The van der Waals surface area contributed by atoms with Crippen LogP contribution in [0.2, 0.25) is 0 Å². The number of aromatic amines is 1. The van der Waals surface area contributed by atoms with Crippen LogP contribution < -0.4 is 0 Å². The molecule has 118 valence electrons. The maximum atomic E-state index is 13.7. The molecule has 22 heavy (non-hydrogen) atoms. The number of halogens is 1. The zero-order chi connectivity index (χ0) is 15.7. The molecule has 1 amide bonds. The summed E-state index contributed by atoms with van der Waals surface area (Å²) in [6.07, 6.45) is -0.362. The molecule has 3 rings (SSSR count). The van der Waals surface area contributed by atoms with Crippen LogP contribution in [0.1, 0.15) is 17.4 Å². The van der Waals surface area contributed by atoms with Gasteiger partial charge in [-0.2, -0.15) is 0 Å². The third-order valence-corrected chi connectivity index (χ3v) is 4.02. The molecule has 2 heterocycles. The van der Waals surface area contributed by atoms with E-state index in [4.69, 9.17) is 0 Å². The Labute approximate surface area is 128 Å². The van der Waals surface area contributed by atoms with Gasteiger partial charge >= 0.3 is 0 Å². The molecule has 0 bridgehead atoms. The number of rotatable bonds is 3. The van der Waals surface area contributed by atoms with Crippen LogP contribution in [0, 0.1) is 5.82 Å². The Morgan fingerprint density at radius 2 is 2.09 bits per heavy atom. The van der Waals surface area contributed by atoms with Crippen molar-refractivity contribution in [2.45, 2.75) is 13.0 Å². The lowest BCUT2D eigenvalue weighted by Crippen LogP contribution is -2.50. The Hall–Kier alpha value is -1.92. The molecule has 2 N–H and O–H groups in total. The van der Waals surface area contributed by atoms with Crippen molar-refractivity contribution < 1.29 is 14.3 Å². The topological polar surface area (TPSA) is 59.6 Å². The predicted molar refractivity (Wildman–Crippen MR) is 82.3 cm³/mol. The average Bonchev–Trinajstić information content (AvgIpc) is 2.92. The Bertz CT molecular complexity index is 675. The quantitative estimate of drug-likeness (QED) is 0.902. The SMILES string of the molecule is C[C@H](O)CN1CCN(C(=O)c2cc3c(F)cccc3[nH]2)CC1. The Morgan fingerprint density at radius 3 is 2.73 bits per heavy atom. The highest BCUT2D eigenvalue weighted by Gasteiger charge is 2.24. The van der Waals surface area contributed by atoms with Crippen molar-refractivity contribution in [3.63, 3.8) is 0 Å². The second-order valence-electron chi connectivity index (χ2n) is 5.83. The number of hydrogen-bond donors (Lipinski definition) is 2. The van der Waals surface area contributed by atoms with Crippen LogP contribution in [0.25, 0.3) is 10.9 Å². The molecule has 1 saturated heterocycles. The third-order valence-electron chi connectivity index (χ3n) is 4.02. The van der Waals surface area contributed by atoms with Crippen molar-refractivity contribution in [1.29, 1.82) is 0 Å². The van der Waals surface area contributed by atoms with Crippen molar-refractivity contribution >= 4 is 16.8 Å². The summed E-state index contributed by atoms with van der Waals surface area (Å²) < 4.78 is 13.7. The van der Waals surface area contributed by atoms with E-state index in [0.29, 0.717) is 36.2 Å². The first kappa shape index (κ1) is 15.0. The number of benzene rings is 1. The summed E-state index contributed by atoms with van der Waals surface area (Å²) in [6.45, 7) is 5.10. The average molecular weight is 305 g/mol. The number of nitrogens with zero attached hydrogens (tertiary/aromatic N) is 2. The number of piperazine rings is 1. The van der Waals surface area contributed by atoms with Crippen LogP contribution >= 0.6 is 0 Å². The maximum absolute atomic E-state index is 13.7. The van der Waals surface area contributed by atoms with Crippen LogP contribution in [0.4, 0.5) is 4.39 Å². The lowest BCUT2D eigenvalue weighted by molar-refractivity contribution is 0.0550. The number of H-pyrrole nitrogens is 1. The van der Waals surface area contributed by atoms with Crippen LogP contribution in [0.15, 0.2) is 24.3 Å². The van der Waals surface area contributed by atoms with Gasteiger partial charge in [0, 0.05) is 43.6 Å². The van der Waals surface area contributed by atoms with Crippen molar-refractivity contribution in [1.82, 2.24) is 14.8 Å². The van der Waals surface area contributed by atoms with E-state index in [-0.39, 0.29) is 17.8 Å². The molecule has 0 aliphatic carbocycles. The summed E-state index contributed by atoms with van der Waals surface area (Å²) in [5.74, 6) is -0.429. The van der Waals surface area contributed by atoms with Gasteiger partial charge in [-0.25, -0.2) is 4.39 Å². The third kappa shape index (κ3) is 2.98. The predicted octanol–water partition coefficient (Wildman–Crippen LogP) is 1.45. The van der Waals surface area contributed by atoms with Gasteiger partial charge in [0.15, 0.2) is 0 Å². The molecule has 6 heteroatoms. The molecule has 1 atom stereocenters. The minimum absolute atomic E-state index is 0.104.